The van der Waals surface area contributed by atoms with E-state index < -0.39 is 0 Å². The Bertz CT molecular complexity index is 627. The van der Waals surface area contributed by atoms with Gasteiger partial charge in [-0.25, -0.2) is 0 Å². The van der Waals surface area contributed by atoms with Crippen LogP contribution < -0.4 is 10.6 Å². The fraction of sp³-hybridized carbons (Fsp3) is 0.652. The van der Waals surface area contributed by atoms with Crippen LogP contribution >= 0.6 is 24.0 Å². The minimum absolute atomic E-state index is 0. The molecular weight excluding hydrogens is 491 g/mol. The second kappa shape index (κ2) is 15.5. The maximum Gasteiger partial charge on any atom is 0.222 e. The number of likely N-dealkylation sites (tertiary alicyclic amines) is 1. The first-order chi connectivity index (χ1) is 14.2. The summed E-state index contributed by atoms with van der Waals surface area (Å²) in [4.78, 5) is 18.7. The van der Waals surface area contributed by atoms with Gasteiger partial charge in [0.1, 0.15) is 0 Å². The van der Waals surface area contributed by atoms with Gasteiger partial charge in [-0.1, -0.05) is 37.3 Å². The summed E-state index contributed by atoms with van der Waals surface area (Å²) >= 11 is 0. The van der Waals surface area contributed by atoms with Crippen molar-refractivity contribution >= 4 is 35.8 Å². The third-order valence-electron chi connectivity index (χ3n) is 5.35. The molecule has 0 saturated carbocycles. The van der Waals surface area contributed by atoms with Gasteiger partial charge in [0.2, 0.25) is 5.91 Å². The Kier molecular flexibility index (Phi) is 13.7. The zero-order valence-corrected chi connectivity index (χ0v) is 21.1. The fourth-order valence-corrected chi connectivity index (χ4v) is 3.67. The maximum absolute atomic E-state index is 12.0. The summed E-state index contributed by atoms with van der Waals surface area (Å²) in [7, 11) is 0. The molecule has 0 spiro atoms. The lowest BCUT2D eigenvalue weighted by molar-refractivity contribution is -0.129. The van der Waals surface area contributed by atoms with Crippen molar-refractivity contribution in [3.05, 3.63) is 35.9 Å². The first-order valence-electron chi connectivity index (χ1n) is 11.1. The van der Waals surface area contributed by atoms with E-state index in [0.717, 1.165) is 57.8 Å². The second-order valence-electron chi connectivity index (χ2n) is 7.51. The lowest BCUT2D eigenvalue weighted by atomic mass is 10.1. The molecule has 2 N–H and O–H groups in total. The molecule has 0 radical (unpaired) electrons. The minimum atomic E-state index is 0. The van der Waals surface area contributed by atoms with Crippen LogP contribution in [0.15, 0.2) is 35.3 Å². The molecule has 30 heavy (non-hydrogen) atoms. The molecular formula is C23H39IN4O2. The predicted molar refractivity (Wildman–Crippen MR) is 134 cm³/mol. The van der Waals surface area contributed by atoms with Crippen LogP contribution in [0.2, 0.25) is 0 Å². The Labute approximate surface area is 199 Å². The van der Waals surface area contributed by atoms with Crippen molar-refractivity contribution in [2.75, 3.05) is 32.8 Å². The van der Waals surface area contributed by atoms with E-state index in [2.05, 4.69) is 53.4 Å². The minimum Gasteiger partial charge on any atom is -0.374 e. The van der Waals surface area contributed by atoms with Gasteiger partial charge in [-0.15, -0.1) is 24.0 Å². The summed E-state index contributed by atoms with van der Waals surface area (Å²) in [5, 5.41) is 6.71. The molecule has 2 rings (SSSR count). The summed E-state index contributed by atoms with van der Waals surface area (Å²) in [6, 6.07) is 10.6. The van der Waals surface area contributed by atoms with E-state index >= 15 is 0 Å². The number of hydrogen-bond acceptors (Lipinski definition) is 3. The summed E-state index contributed by atoms with van der Waals surface area (Å²) in [6.07, 6.45) is 4.64. The SMILES string of the molecule is CCNC(=NCCCOC(C)c1ccccc1)NCCC(CC)N1CCCC1=O.I. The van der Waals surface area contributed by atoms with Crippen LogP contribution in [0.4, 0.5) is 0 Å². The number of nitrogens with one attached hydrogen (secondary N) is 2. The van der Waals surface area contributed by atoms with Gasteiger partial charge in [0.05, 0.1) is 6.10 Å². The van der Waals surface area contributed by atoms with Crippen molar-refractivity contribution in [3.63, 3.8) is 0 Å². The van der Waals surface area contributed by atoms with E-state index in [9.17, 15) is 4.79 Å². The highest BCUT2D eigenvalue weighted by Crippen LogP contribution is 2.18. The van der Waals surface area contributed by atoms with Gasteiger partial charge in [0.15, 0.2) is 5.96 Å². The molecule has 1 heterocycles. The molecule has 1 fully saturated rings. The van der Waals surface area contributed by atoms with Crippen LogP contribution in [0.3, 0.4) is 0 Å². The van der Waals surface area contributed by atoms with Crippen molar-refractivity contribution in [2.24, 2.45) is 4.99 Å². The Morgan fingerprint density at radius 3 is 2.63 bits per heavy atom. The van der Waals surface area contributed by atoms with Crippen molar-refractivity contribution in [1.29, 1.82) is 0 Å². The zero-order chi connectivity index (χ0) is 20.9. The highest BCUT2D eigenvalue weighted by atomic mass is 127. The van der Waals surface area contributed by atoms with Gasteiger partial charge >= 0.3 is 0 Å². The number of guanidine groups is 1. The van der Waals surface area contributed by atoms with Crippen molar-refractivity contribution < 1.29 is 9.53 Å². The standard InChI is InChI=1S/C23H38N4O2.HI/c1-4-21(27-17-9-13-22(27)28)14-16-26-23(24-5-2)25-15-10-18-29-19(3)20-11-7-6-8-12-20;/h6-8,11-12,19,21H,4-5,9-10,13-18H2,1-3H3,(H2,24,25,26);1H. The molecule has 1 aliphatic rings. The third-order valence-corrected chi connectivity index (χ3v) is 5.35. The predicted octanol–water partition coefficient (Wildman–Crippen LogP) is 4.12. The molecule has 7 heteroatoms. The molecule has 170 valence electrons. The summed E-state index contributed by atoms with van der Waals surface area (Å²) in [5.74, 6) is 1.15. The third kappa shape index (κ3) is 9.20. The highest BCUT2D eigenvalue weighted by molar-refractivity contribution is 14.0. The Hall–Kier alpha value is -1.35. The van der Waals surface area contributed by atoms with Gasteiger partial charge in [-0.3, -0.25) is 9.79 Å². The average molecular weight is 530 g/mol. The molecule has 2 atom stereocenters. The highest BCUT2D eigenvalue weighted by Gasteiger charge is 2.26. The number of hydrogen-bond donors (Lipinski definition) is 2. The van der Waals surface area contributed by atoms with Gasteiger partial charge < -0.3 is 20.3 Å². The molecule has 1 aliphatic heterocycles. The van der Waals surface area contributed by atoms with E-state index in [0.29, 0.717) is 25.0 Å². The largest absolute Gasteiger partial charge is 0.374 e. The van der Waals surface area contributed by atoms with Gasteiger partial charge in [-0.2, -0.15) is 0 Å². The number of rotatable bonds is 12. The Balaban J connectivity index is 0.00000450. The molecule has 1 amide bonds. The second-order valence-corrected chi connectivity index (χ2v) is 7.51. The molecule has 2 unspecified atom stereocenters. The average Bonchev–Trinajstić information content (AvgIpc) is 3.17. The van der Waals surface area contributed by atoms with Crippen LogP contribution in [0.25, 0.3) is 0 Å². The summed E-state index contributed by atoms with van der Waals surface area (Å²) in [6.45, 7) is 10.3. The number of carbonyl (C=O) groups excluding carboxylic acids is 1. The molecule has 0 aromatic heterocycles. The number of carbonyl (C=O) groups is 1. The first kappa shape index (κ1) is 26.7. The van der Waals surface area contributed by atoms with Crippen LogP contribution in [0.5, 0.6) is 0 Å². The van der Waals surface area contributed by atoms with Gasteiger partial charge in [-0.05, 0) is 45.1 Å². The van der Waals surface area contributed by atoms with Crippen LogP contribution in [-0.4, -0.2) is 55.6 Å². The van der Waals surface area contributed by atoms with Crippen LogP contribution in [0.1, 0.15) is 64.5 Å². The number of ether oxygens (including phenoxy) is 1. The zero-order valence-electron chi connectivity index (χ0n) is 18.7. The summed E-state index contributed by atoms with van der Waals surface area (Å²) in [5.41, 5.74) is 1.20. The number of amides is 1. The monoisotopic (exact) mass is 530 g/mol. The normalized spacial score (nSPS) is 16.2. The Morgan fingerprint density at radius 1 is 1.23 bits per heavy atom. The number of halogens is 1. The van der Waals surface area contributed by atoms with Crippen LogP contribution in [-0.2, 0) is 9.53 Å². The fourth-order valence-electron chi connectivity index (χ4n) is 3.67. The summed E-state index contributed by atoms with van der Waals surface area (Å²) < 4.78 is 5.92. The van der Waals surface area contributed by atoms with E-state index in [1.165, 1.54) is 5.56 Å². The van der Waals surface area contributed by atoms with E-state index in [-0.39, 0.29) is 30.1 Å². The van der Waals surface area contributed by atoms with Crippen molar-refractivity contribution in [2.45, 2.75) is 65.0 Å². The van der Waals surface area contributed by atoms with E-state index in [1.807, 2.05) is 18.2 Å². The van der Waals surface area contributed by atoms with Crippen molar-refractivity contribution in [1.82, 2.24) is 15.5 Å². The van der Waals surface area contributed by atoms with E-state index in [1.54, 1.807) is 0 Å². The number of benzene rings is 1. The molecule has 1 aromatic rings. The first-order valence-corrected chi connectivity index (χ1v) is 11.1. The number of aliphatic imine (C=N–C) groups is 1. The molecule has 1 aromatic carbocycles. The quantitative estimate of drug-likeness (QED) is 0.185. The van der Waals surface area contributed by atoms with Crippen LogP contribution in [0, 0.1) is 0 Å². The lowest BCUT2D eigenvalue weighted by Gasteiger charge is -2.27. The smallest absolute Gasteiger partial charge is 0.222 e. The van der Waals surface area contributed by atoms with Gasteiger partial charge in [0.25, 0.3) is 0 Å². The van der Waals surface area contributed by atoms with E-state index in [4.69, 9.17) is 4.74 Å². The maximum atomic E-state index is 12.0. The topological polar surface area (TPSA) is 66.0 Å². The Morgan fingerprint density at radius 2 is 2.00 bits per heavy atom. The molecule has 0 aliphatic carbocycles. The van der Waals surface area contributed by atoms with Gasteiger partial charge in [0, 0.05) is 45.2 Å². The molecule has 1 saturated heterocycles. The van der Waals surface area contributed by atoms with Crippen molar-refractivity contribution in [3.8, 4) is 0 Å². The molecule has 6 nitrogen and oxygen atoms in total. The number of nitrogens with zero attached hydrogens (tertiary/aromatic N) is 2. The lowest BCUT2D eigenvalue weighted by Crippen LogP contribution is -2.42. The molecule has 0 bridgehead atoms.